The van der Waals surface area contributed by atoms with Crippen molar-refractivity contribution in [3.05, 3.63) is 34.8 Å². The SMILES string of the molecule is CC(C)c1csc(Nc2ccc(N)c(C(N)=O)c2)n1. The number of aromatic nitrogens is 1. The van der Waals surface area contributed by atoms with Crippen LogP contribution in [-0.4, -0.2) is 10.9 Å². The molecule has 0 spiro atoms. The van der Waals surface area contributed by atoms with E-state index in [1.54, 1.807) is 18.2 Å². The van der Waals surface area contributed by atoms with E-state index in [1.165, 1.54) is 11.3 Å². The van der Waals surface area contributed by atoms with Gasteiger partial charge in [-0.05, 0) is 24.1 Å². The molecule has 1 amide bonds. The van der Waals surface area contributed by atoms with Crippen LogP contribution in [-0.2, 0) is 0 Å². The van der Waals surface area contributed by atoms with Crippen molar-refractivity contribution in [2.45, 2.75) is 19.8 Å². The Morgan fingerprint density at radius 2 is 2.16 bits per heavy atom. The number of anilines is 3. The number of nitrogens with zero attached hydrogens (tertiary/aromatic N) is 1. The molecule has 5 nitrogen and oxygen atoms in total. The van der Waals surface area contributed by atoms with Crippen LogP contribution in [0.25, 0.3) is 0 Å². The van der Waals surface area contributed by atoms with Crippen LogP contribution in [0.4, 0.5) is 16.5 Å². The predicted molar refractivity (Wildman–Crippen MR) is 78.9 cm³/mol. The van der Waals surface area contributed by atoms with Gasteiger partial charge in [0, 0.05) is 16.8 Å². The second-order valence-electron chi connectivity index (χ2n) is 4.52. The molecule has 1 aromatic heterocycles. The molecule has 1 heterocycles. The third-order valence-electron chi connectivity index (χ3n) is 2.68. The maximum Gasteiger partial charge on any atom is 0.250 e. The van der Waals surface area contributed by atoms with E-state index in [9.17, 15) is 4.79 Å². The quantitative estimate of drug-likeness (QED) is 0.748. The van der Waals surface area contributed by atoms with Gasteiger partial charge in [-0.15, -0.1) is 11.3 Å². The highest BCUT2D eigenvalue weighted by Crippen LogP contribution is 2.26. The van der Waals surface area contributed by atoms with Crippen molar-refractivity contribution in [2.24, 2.45) is 5.73 Å². The van der Waals surface area contributed by atoms with Gasteiger partial charge in [-0.2, -0.15) is 0 Å². The highest BCUT2D eigenvalue weighted by Gasteiger charge is 2.09. The Kier molecular flexibility index (Phi) is 3.71. The van der Waals surface area contributed by atoms with Crippen LogP contribution in [0.15, 0.2) is 23.6 Å². The summed E-state index contributed by atoms with van der Waals surface area (Å²) in [6.07, 6.45) is 0. The van der Waals surface area contributed by atoms with E-state index >= 15 is 0 Å². The minimum atomic E-state index is -0.539. The van der Waals surface area contributed by atoms with E-state index in [4.69, 9.17) is 11.5 Å². The summed E-state index contributed by atoms with van der Waals surface area (Å²) in [7, 11) is 0. The number of nitrogens with one attached hydrogen (secondary N) is 1. The molecule has 0 aliphatic heterocycles. The molecular formula is C13H16N4OS. The predicted octanol–water partition coefficient (Wildman–Crippen LogP) is 2.69. The van der Waals surface area contributed by atoms with Crippen LogP contribution in [0.2, 0.25) is 0 Å². The van der Waals surface area contributed by atoms with Crippen molar-refractivity contribution in [2.75, 3.05) is 11.1 Å². The molecule has 0 radical (unpaired) electrons. The van der Waals surface area contributed by atoms with Crippen molar-refractivity contribution in [1.82, 2.24) is 4.98 Å². The number of amides is 1. The van der Waals surface area contributed by atoms with Crippen LogP contribution in [0.3, 0.4) is 0 Å². The van der Waals surface area contributed by atoms with Gasteiger partial charge in [-0.1, -0.05) is 13.8 Å². The van der Waals surface area contributed by atoms with E-state index in [1.807, 2.05) is 5.38 Å². The number of carbonyl (C=O) groups is 1. The Morgan fingerprint density at radius 3 is 2.74 bits per heavy atom. The Bertz CT molecular complexity index is 606. The first-order valence-electron chi connectivity index (χ1n) is 5.89. The minimum Gasteiger partial charge on any atom is -0.398 e. The fourth-order valence-corrected chi connectivity index (χ4v) is 2.47. The normalized spacial score (nSPS) is 10.7. The number of nitrogen functional groups attached to an aromatic ring is 1. The maximum atomic E-state index is 11.2. The molecule has 100 valence electrons. The number of rotatable bonds is 4. The molecular weight excluding hydrogens is 260 g/mol. The molecule has 5 N–H and O–H groups in total. The summed E-state index contributed by atoms with van der Waals surface area (Å²) >= 11 is 1.52. The maximum absolute atomic E-state index is 11.2. The van der Waals surface area contributed by atoms with Crippen LogP contribution in [0, 0.1) is 0 Å². The number of hydrogen-bond acceptors (Lipinski definition) is 5. The number of hydrogen-bond donors (Lipinski definition) is 3. The third kappa shape index (κ3) is 3.03. The fourth-order valence-electron chi connectivity index (χ4n) is 1.58. The highest BCUT2D eigenvalue weighted by molar-refractivity contribution is 7.13. The zero-order valence-corrected chi connectivity index (χ0v) is 11.6. The lowest BCUT2D eigenvalue weighted by Gasteiger charge is -2.06. The van der Waals surface area contributed by atoms with Crippen molar-refractivity contribution in [3.63, 3.8) is 0 Å². The molecule has 0 aliphatic carbocycles. The Hall–Kier alpha value is -2.08. The van der Waals surface area contributed by atoms with Crippen molar-refractivity contribution < 1.29 is 4.79 Å². The summed E-state index contributed by atoms with van der Waals surface area (Å²) in [5.74, 6) is -0.150. The molecule has 0 saturated heterocycles. The molecule has 2 aromatic rings. The summed E-state index contributed by atoms with van der Waals surface area (Å²) in [5.41, 5.74) is 13.4. The van der Waals surface area contributed by atoms with Crippen LogP contribution >= 0.6 is 11.3 Å². The number of carbonyl (C=O) groups excluding carboxylic acids is 1. The summed E-state index contributed by atoms with van der Waals surface area (Å²) in [5, 5.41) is 5.94. The lowest BCUT2D eigenvalue weighted by Crippen LogP contribution is -2.13. The zero-order chi connectivity index (χ0) is 14.0. The largest absolute Gasteiger partial charge is 0.398 e. The van der Waals surface area contributed by atoms with E-state index in [0.717, 1.165) is 16.5 Å². The molecule has 0 fully saturated rings. The van der Waals surface area contributed by atoms with Gasteiger partial charge in [0.25, 0.3) is 5.91 Å². The molecule has 0 bridgehead atoms. The molecule has 0 saturated carbocycles. The number of primary amides is 1. The lowest BCUT2D eigenvalue weighted by molar-refractivity contribution is 0.100. The monoisotopic (exact) mass is 276 g/mol. The van der Waals surface area contributed by atoms with Crippen LogP contribution in [0.5, 0.6) is 0 Å². The standard InChI is InChI=1S/C13H16N4OS/c1-7(2)11-6-19-13(17-11)16-8-3-4-10(14)9(5-8)12(15)18/h3-7H,14H2,1-2H3,(H2,15,18)(H,16,17). The first-order chi connectivity index (χ1) is 8.97. The summed E-state index contributed by atoms with van der Waals surface area (Å²) in [6.45, 7) is 4.18. The van der Waals surface area contributed by atoms with E-state index < -0.39 is 5.91 Å². The first kappa shape index (κ1) is 13.4. The topological polar surface area (TPSA) is 94.0 Å². The Balaban J connectivity index is 2.23. The second kappa shape index (κ2) is 5.27. The Morgan fingerprint density at radius 1 is 1.42 bits per heavy atom. The highest BCUT2D eigenvalue weighted by atomic mass is 32.1. The molecule has 0 aliphatic rings. The average Bonchev–Trinajstić information content (AvgIpc) is 2.80. The van der Waals surface area contributed by atoms with Gasteiger partial charge in [0.1, 0.15) is 0 Å². The van der Waals surface area contributed by atoms with Gasteiger partial charge in [-0.3, -0.25) is 4.79 Å². The number of benzene rings is 1. The van der Waals surface area contributed by atoms with Crippen molar-refractivity contribution in [1.29, 1.82) is 0 Å². The fraction of sp³-hybridized carbons (Fsp3) is 0.231. The van der Waals surface area contributed by atoms with Crippen LogP contribution < -0.4 is 16.8 Å². The van der Waals surface area contributed by atoms with Gasteiger partial charge in [-0.25, -0.2) is 4.98 Å². The average molecular weight is 276 g/mol. The summed E-state index contributed by atoms with van der Waals surface area (Å²) in [4.78, 5) is 15.7. The van der Waals surface area contributed by atoms with E-state index in [0.29, 0.717) is 17.2 Å². The smallest absolute Gasteiger partial charge is 0.250 e. The molecule has 0 unspecified atom stereocenters. The van der Waals surface area contributed by atoms with Gasteiger partial charge < -0.3 is 16.8 Å². The summed E-state index contributed by atoms with van der Waals surface area (Å²) < 4.78 is 0. The summed E-state index contributed by atoms with van der Waals surface area (Å²) in [6, 6.07) is 5.08. The minimum absolute atomic E-state index is 0.311. The van der Waals surface area contributed by atoms with Gasteiger partial charge in [0.2, 0.25) is 0 Å². The van der Waals surface area contributed by atoms with Crippen molar-refractivity contribution in [3.8, 4) is 0 Å². The third-order valence-corrected chi connectivity index (χ3v) is 3.46. The Labute approximate surface area is 115 Å². The number of nitrogens with two attached hydrogens (primary N) is 2. The van der Waals surface area contributed by atoms with E-state index in [-0.39, 0.29) is 0 Å². The lowest BCUT2D eigenvalue weighted by atomic mass is 10.1. The van der Waals surface area contributed by atoms with Gasteiger partial charge >= 0.3 is 0 Å². The zero-order valence-electron chi connectivity index (χ0n) is 10.8. The van der Waals surface area contributed by atoms with E-state index in [2.05, 4.69) is 24.1 Å². The van der Waals surface area contributed by atoms with Gasteiger partial charge in [0.15, 0.2) is 5.13 Å². The second-order valence-corrected chi connectivity index (χ2v) is 5.38. The molecule has 0 atom stereocenters. The van der Waals surface area contributed by atoms with Crippen molar-refractivity contribution >= 4 is 33.8 Å². The number of thiazole rings is 1. The first-order valence-corrected chi connectivity index (χ1v) is 6.77. The molecule has 6 heteroatoms. The molecule has 1 aromatic carbocycles. The molecule has 19 heavy (non-hydrogen) atoms. The van der Waals surface area contributed by atoms with Crippen LogP contribution in [0.1, 0.15) is 35.8 Å². The molecule has 2 rings (SSSR count). The van der Waals surface area contributed by atoms with Gasteiger partial charge in [0.05, 0.1) is 11.3 Å².